The maximum absolute atomic E-state index is 13.8. The van der Waals surface area contributed by atoms with Crippen molar-refractivity contribution in [2.75, 3.05) is 6.54 Å². The Morgan fingerprint density at radius 3 is 2.86 bits per heavy atom. The molecule has 0 amide bonds. The van der Waals surface area contributed by atoms with Crippen LogP contribution in [0, 0.1) is 5.82 Å². The molecule has 2 N–H and O–H groups in total. The molecule has 3 heteroatoms. The molecule has 14 heavy (non-hydrogen) atoms. The zero-order valence-electron chi connectivity index (χ0n) is 8.13. The number of hydrogen-bond acceptors (Lipinski definition) is 1. The number of benzene rings is 1. The SMILES string of the molecule is Cn1ccc2c(F)c(CCN)ccc21. The Bertz CT molecular complexity index is 460. The van der Waals surface area contributed by atoms with Crippen LogP contribution >= 0.6 is 0 Å². The number of nitrogens with zero attached hydrogens (tertiary/aromatic N) is 1. The van der Waals surface area contributed by atoms with Gasteiger partial charge >= 0.3 is 0 Å². The third-order valence-corrected chi connectivity index (χ3v) is 2.50. The Morgan fingerprint density at radius 2 is 2.14 bits per heavy atom. The van der Waals surface area contributed by atoms with Crippen LogP contribution in [0.4, 0.5) is 4.39 Å². The van der Waals surface area contributed by atoms with Crippen molar-refractivity contribution in [3.63, 3.8) is 0 Å². The number of hydrogen-bond donors (Lipinski definition) is 1. The first kappa shape index (κ1) is 9.21. The van der Waals surface area contributed by atoms with Crippen molar-refractivity contribution < 1.29 is 4.39 Å². The molecule has 0 unspecified atom stereocenters. The van der Waals surface area contributed by atoms with E-state index in [4.69, 9.17) is 5.73 Å². The van der Waals surface area contributed by atoms with Gasteiger partial charge in [-0.25, -0.2) is 4.39 Å². The number of fused-ring (bicyclic) bond motifs is 1. The van der Waals surface area contributed by atoms with Gasteiger partial charge in [-0.3, -0.25) is 0 Å². The second-order valence-electron chi connectivity index (χ2n) is 3.44. The molecule has 2 aromatic rings. The van der Waals surface area contributed by atoms with Crippen molar-refractivity contribution in [2.45, 2.75) is 6.42 Å². The van der Waals surface area contributed by atoms with Crippen LogP contribution in [0.2, 0.25) is 0 Å². The van der Waals surface area contributed by atoms with E-state index in [2.05, 4.69) is 0 Å². The van der Waals surface area contributed by atoms with Crippen LogP contribution in [0.5, 0.6) is 0 Å². The Hall–Kier alpha value is -1.35. The van der Waals surface area contributed by atoms with Gasteiger partial charge in [0, 0.05) is 18.6 Å². The molecule has 0 aliphatic carbocycles. The third-order valence-electron chi connectivity index (χ3n) is 2.50. The van der Waals surface area contributed by atoms with Gasteiger partial charge in [-0.15, -0.1) is 0 Å². The summed E-state index contributed by atoms with van der Waals surface area (Å²) in [5, 5.41) is 0.679. The monoisotopic (exact) mass is 192 g/mol. The second kappa shape index (κ2) is 3.42. The lowest BCUT2D eigenvalue weighted by Gasteiger charge is -2.03. The van der Waals surface area contributed by atoms with Crippen LogP contribution in [-0.2, 0) is 13.5 Å². The molecular formula is C11H13FN2. The standard InChI is InChI=1S/C11H13FN2/c1-14-7-5-9-10(14)3-2-8(4-6-13)11(9)12/h2-3,5,7H,4,6,13H2,1H3. The maximum atomic E-state index is 13.8. The predicted molar refractivity (Wildman–Crippen MR) is 55.6 cm³/mol. The molecule has 0 aliphatic rings. The smallest absolute Gasteiger partial charge is 0.135 e. The number of aromatic nitrogens is 1. The summed E-state index contributed by atoms with van der Waals surface area (Å²) in [5.41, 5.74) is 7.03. The van der Waals surface area contributed by atoms with E-state index in [9.17, 15) is 4.39 Å². The average molecular weight is 192 g/mol. The molecular weight excluding hydrogens is 179 g/mol. The van der Waals surface area contributed by atoms with Crippen LogP contribution in [0.3, 0.4) is 0 Å². The van der Waals surface area contributed by atoms with Gasteiger partial charge in [0.1, 0.15) is 5.82 Å². The van der Waals surface area contributed by atoms with Crippen molar-refractivity contribution in [2.24, 2.45) is 12.8 Å². The van der Waals surface area contributed by atoms with Crippen molar-refractivity contribution in [3.05, 3.63) is 35.8 Å². The first-order valence-corrected chi connectivity index (χ1v) is 4.66. The van der Waals surface area contributed by atoms with Gasteiger partial charge < -0.3 is 10.3 Å². The Balaban J connectivity index is 2.63. The van der Waals surface area contributed by atoms with Crippen LogP contribution < -0.4 is 5.73 Å². The maximum Gasteiger partial charge on any atom is 0.135 e. The number of halogens is 1. The second-order valence-corrected chi connectivity index (χ2v) is 3.44. The normalized spacial score (nSPS) is 11.1. The highest BCUT2D eigenvalue weighted by atomic mass is 19.1. The molecule has 0 aliphatic heterocycles. The van der Waals surface area contributed by atoms with Crippen LogP contribution in [0.1, 0.15) is 5.56 Å². The van der Waals surface area contributed by atoms with Gasteiger partial charge in [0.2, 0.25) is 0 Å². The van der Waals surface area contributed by atoms with Crippen molar-refractivity contribution in [1.82, 2.24) is 4.57 Å². The van der Waals surface area contributed by atoms with Crippen LogP contribution in [0.25, 0.3) is 10.9 Å². The molecule has 0 saturated carbocycles. The predicted octanol–water partition coefficient (Wildman–Crippen LogP) is 1.82. The highest BCUT2D eigenvalue weighted by molar-refractivity contribution is 5.81. The van der Waals surface area contributed by atoms with E-state index in [0.29, 0.717) is 23.9 Å². The molecule has 0 bridgehead atoms. The molecule has 2 rings (SSSR count). The van der Waals surface area contributed by atoms with E-state index in [1.165, 1.54) is 0 Å². The van der Waals surface area contributed by atoms with Crippen LogP contribution in [-0.4, -0.2) is 11.1 Å². The Kier molecular flexibility index (Phi) is 2.25. The highest BCUT2D eigenvalue weighted by Gasteiger charge is 2.08. The minimum absolute atomic E-state index is 0.131. The average Bonchev–Trinajstić information content (AvgIpc) is 2.54. The van der Waals surface area contributed by atoms with Crippen molar-refractivity contribution in [3.8, 4) is 0 Å². The highest BCUT2D eigenvalue weighted by Crippen LogP contribution is 2.21. The summed E-state index contributed by atoms with van der Waals surface area (Å²) < 4.78 is 15.7. The third kappa shape index (κ3) is 1.30. The Morgan fingerprint density at radius 1 is 1.36 bits per heavy atom. The fourth-order valence-electron chi connectivity index (χ4n) is 1.71. The van der Waals surface area contributed by atoms with Gasteiger partial charge in [-0.2, -0.15) is 0 Å². The summed E-state index contributed by atoms with van der Waals surface area (Å²) in [6.45, 7) is 0.481. The first-order valence-electron chi connectivity index (χ1n) is 4.66. The minimum Gasteiger partial charge on any atom is -0.350 e. The van der Waals surface area contributed by atoms with E-state index < -0.39 is 0 Å². The van der Waals surface area contributed by atoms with Crippen LogP contribution in [0.15, 0.2) is 24.4 Å². The molecule has 1 aromatic carbocycles. The molecule has 2 nitrogen and oxygen atoms in total. The quantitative estimate of drug-likeness (QED) is 0.773. The van der Waals surface area contributed by atoms with E-state index in [1.807, 2.05) is 29.9 Å². The van der Waals surface area contributed by atoms with E-state index in [1.54, 1.807) is 6.07 Å². The van der Waals surface area contributed by atoms with Crippen molar-refractivity contribution in [1.29, 1.82) is 0 Å². The molecule has 0 atom stereocenters. The number of aryl methyl sites for hydroxylation is 1. The van der Waals surface area contributed by atoms with E-state index >= 15 is 0 Å². The van der Waals surface area contributed by atoms with Gasteiger partial charge in [-0.1, -0.05) is 6.07 Å². The largest absolute Gasteiger partial charge is 0.350 e. The molecule has 1 heterocycles. The molecule has 0 radical (unpaired) electrons. The molecule has 74 valence electrons. The Labute approximate surface area is 82.1 Å². The first-order chi connectivity index (χ1) is 6.74. The van der Waals surface area contributed by atoms with E-state index in [-0.39, 0.29) is 5.82 Å². The zero-order chi connectivity index (χ0) is 10.1. The lowest BCUT2D eigenvalue weighted by Crippen LogP contribution is -2.04. The van der Waals surface area contributed by atoms with Crippen molar-refractivity contribution >= 4 is 10.9 Å². The summed E-state index contributed by atoms with van der Waals surface area (Å²) in [6.07, 6.45) is 2.46. The minimum atomic E-state index is -0.131. The number of nitrogens with two attached hydrogens (primary N) is 1. The van der Waals surface area contributed by atoms with Gasteiger partial charge in [0.25, 0.3) is 0 Å². The number of rotatable bonds is 2. The van der Waals surface area contributed by atoms with E-state index in [0.717, 1.165) is 5.52 Å². The lowest BCUT2D eigenvalue weighted by atomic mass is 10.1. The zero-order valence-corrected chi connectivity index (χ0v) is 8.13. The molecule has 0 spiro atoms. The summed E-state index contributed by atoms with van der Waals surface area (Å²) >= 11 is 0. The molecule has 0 fully saturated rings. The summed E-state index contributed by atoms with van der Waals surface area (Å²) in [7, 11) is 1.91. The topological polar surface area (TPSA) is 30.9 Å². The fourth-order valence-corrected chi connectivity index (χ4v) is 1.71. The van der Waals surface area contributed by atoms with Gasteiger partial charge in [-0.05, 0) is 30.7 Å². The molecule has 0 saturated heterocycles. The lowest BCUT2D eigenvalue weighted by molar-refractivity contribution is 0.621. The summed E-state index contributed by atoms with van der Waals surface area (Å²) in [6, 6.07) is 5.54. The van der Waals surface area contributed by atoms with Gasteiger partial charge in [0.15, 0.2) is 0 Å². The summed E-state index contributed by atoms with van der Waals surface area (Å²) in [5.74, 6) is -0.131. The molecule has 1 aromatic heterocycles. The summed E-state index contributed by atoms with van der Waals surface area (Å²) in [4.78, 5) is 0. The van der Waals surface area contributed by atoms with Gasteiger partial charge in [0.05, 0.1) is 5.52 Å². The fraction of sp³-hybridized carbons (Fsp3) is 0.273.